The fourth-order valence-corrected chi connectivity index (χ4v) is 6.33. The van der Waals surface area contributed by atoms with Gasteiger partial charge < -0.3 is 14.6 Å². The van der Waals surface area contributed by atoms with Gasteiger partial charge >= 0.3 is 0 Å². The molecule has 6 nitrogen and oxygen atoms in total. The van der Waals surface area contributed by atoms with Crippen LogP contribution in [0.15, 0.2) is 72.8 Å². The second kappa shape index (κ2) is 7.29. The molecule has 4 aliphatic rings. The van der Waals surface area contributed by atoms with Crippen molar-refractivity contribution >= 4 is 23.5 Å². The Labute approximate surface area is 196 Å². The second-order valence-electron chi connectivity index (χ2n) is 9.08. The molecule has 7 rings (SSSR count). The molecule has 34 heavy (non-hydrogen) atoms. The molecule has 1 fully saturated rings. The van der Waals surface area contributed by atoms with Crippen molar-refractivity contribution < 1.29 is 24.2 Å². The van der Waals surface area contributed by atoms with Crippen LogP contribution in [0.25, 0.3) is 0 Å². The summed E-state index contributed by atoms with van der Waals surface area (Å²) < 4.78 is 5.84. The number of ether oxygens (including phenoxy) is 1. The fraction of sp³-hybridized carbons (Fsp3) is 0.250. The summed E-state index contributed by atoms with van der Waals surface area (Å²) in [6, 6.07) is 21.4. The Hall–Kier alpha value is -3.93. The maximum absolute atomic E-state index is 14.1. The summed E-state index contributed by atoms with van der Waals surface area (Å²) in [7, 11) is 0. The van der Waals surface area contributed by atoms with Gasteiger partial charge in [0, 0.05) is 5.92 Å². The van der Waals surface area contributed by atoms with Crippen molar-refractivity contribution in [2.45, 2.75) is 24.7 Å². The number of anilines is 1. The SMILES string of the molecule is CCCOc1ccccc1N1C(=O)[C@@H]2[C@@H](C1=O)C1c3ccccc3C2(C(=O)[O-])c2ccccc21. The number of carbonyl (C=O) groups excluding carboxylic acids is 3. The molecule has 0 aromatic heterocycles. The fourth-order valence-electron chi connectivity index (χ4n) is 6.33. The van der Waals surface area contributed by atoms with Crippen LogP contribution in [0.2, 0.25) is 0 Å². The first-order chi connectivity index (χ1) is 16.5. The predicted molar refractivity (Wildman–Crippen MR) is 122 cm³/mol. The minimum Gasteiger partial charge on any atom is -0.549 e. The number of carboxylic acid groups (broad SMARTS) is 1. The highest BCUT2D eigenvalue weighted by molar-refractivity contribution is 6.25. The van der Waals surface area contributed by atoms with Gasteiger partial charge in [-0.2, -0.15) is 0 Å². The third-order valence-corrected chi connectivity index (χ3v) is 7.51. The van der Waals surface area contributed by atoms with Gasteiger partial charge in [0.2, 0.25) is 11.8 Å². The van der Waals surface area contributed by atoms with Gasteiger partial charge in [0.05, 0.1) is 35.5 Å². The lowest BCUT2D eigenvalue weighted by Gasteiger charge is -2.54. The molecule has 3 aliphatic carbocycles. The molecule has 3 aromatic rings. The zero-order valence-electron chi connectivity index (χ0n) is 18.6. The average Bonchev–Trinajstić information content (AvgIpc) is 3.13. The van der Waals surface area contributed by atoms with E-state index >= 15 is 0 Å². The van der Waals surface area contributed by atoms with E-state index in [0.717, 1.165) is 22.4 Å². The molecule has 1 saturated heterocycles. The summed E-state index contributed by atoms with van der Waals surface area (Å²) in [6.45, 7) is 2.40. The molecule has 1 heterocycles. The van der Waals surface area contributed by atoms with Gasteiger partial charge in [-0.25, -0.2) is 4.90 Å². The molecule has 1 aliphatic heterocycles. The Kier molecular flexibility index (Phi) is 4.43. The summed E-state index contributed by atoms with van der Waals surface area (Å²) in [5.41, 5.74) is 1.22. The van der Waals surface area contributed by atoms with E-state index in [4.69, 9.17) is 4.74 Å². The van der Waals surface area contributed by atoms with Gasteiger partial charge in [-0.1, -0.05) is 67.6 Å². The Balaban J connectivity index is 1.61. The number of para-hydroxylation sites is 2. The van der Waals surface area contributed by atoms with Crippen LogP contribution in [-0.2, 0) is 19.8 Å². The predicted octanol–water partition coefficient (Wildman–Crippen LogP) is 2.78. The molecule has 0 spiro atoms. The van der Waals surface area contributed by atoms with E-state index in [1.54, 1.807) is 48.5 Å². The van der Waals surface area contributed by atoms with E-state index in [0.29, 0.717) is 29.2 Å². The maximum atomic E-state index is 14.1. The summed E-state index contributed by atoms with van der Waals surface area (Å²) in [4.78, 5) is 42.3. The Morgan fingerprint density at radius 2 is 1.50 bits per heavy atom. The number of rotatable bonds is 5. The molecule has 6 heteroatoms. The van der Waals surface area contributed by atoms with Crippen molar-refractivity contribution in [1.82, 2.24) is 0 Å². The van der Waals surface area contributed by atoms with E-state index in [-0.39, 0.29) is 0 Å². The quantitative estimate of drug-likeness (QED) is 0.556. The summed E-state index contributed by atoms with van der Waals surface area (Å²) in [5, 5.41) is 13.1. The largest absolute Gasteiger partial charge is 0.549 e. The second-order valence-corrected chi connectivity index (χ2v) is 9.08. The van der Waals surface area contributed by atoms with Crippen molar-refractivity contribution in [3.63, 3.8) is 0 Å². The highest BCUT2D eigenvalue weighted by Gasteiger charge is 2.69. The van der Waals surface area contributed by atoms with Gasteiger partial charge in [0.1, 0.15) is 5.75 Å². The zero-order chi connectivity index (χ0) is 23.6. The lowest BCUT2D eigenvalue weighted by Crippen LogP contribution is -2.61. The van der Waals surface area contributed by atoms with Crippen LogP contribution in [0.3, 0.4) is 0 Å². The van der Waals surface area contributed by atoms with Crippen LogP contribution in [-0.4, -0.2) is 24.4 Å². The number of benzene rings is 3. The molecule has 170 valence electrons. The number of hydrogen-bond donors (Lipinski definition) is 0. The molecule has 0 saturated carbocycles. The van der Waals surface area contributed by atoms with Gasteiger partial charge in [-0.3, -0.25) is 9.59 Å². The minimum atomic E-state index is -1.74. The Morgan fingerprint density at radius 3 is 2.12 bits per heavy atom. The smallest absolute Gasteiger partial charge is 0.239 e. The molecule has 2 bridgehead atoms. The van der Waals surface area contributed by atoms with Crippen molar-refractivity contribution in [1.29, 1.82) is 0 Å². The van der Waals surface area contributed by atoms with E-state index < -0.39 is 41.0 Å². The van der Waals surface area contributed by atoms with Crippen LogP contribution in [0, 0.1) is 11.8 Å². The number of carbonyl (C=O) groups is 3. The number of nitrogens with zero attached hydrogens (tertiary/aromatic N) is 1. The van der Waals surface area contributed by atoms with Crippen molar-refractivity contribution in [3.05, 3.63) is 95.1 Å². The molecule has 0 N–H and O–H groups in total. The molecule has 2 amide bonds. The number of amides is 2. The number of carboxylic acids is 1. The van der Waals surface area contributed by atoms with Crippen LogP contribution in [0.5, 0.6) is 5.75 Å². The highest BCUT2D eigenvalue weighted by Crippen LogP contribution is 2.64. The first-order valence-corrected chi connectivity index (χ1v) is 11.5. The van der Waals surface area contributed by atoms with Crippen LogP contribution in [0.1, 0.15) is 41.5 Å². The van der Waals surface area contributed by atoms with Crippen LogP contribution >= 0.6 is 0 Å². The number of hydrogen-bond acceptors (Lipinski definition) is 5. The minimum absolute atomic E-state index is 0.348. The normalized spacial score (nSPS) is 26.1. The Morgan fingerprint density at radius 1 is 0.912 bits per heavy atom. The topological polar surface area (TPSA) is 86.7 Å². The van der Waals surface area contributed by atoms with Crippen molar-refractivity contribution in [3.8, 4) is 5.75 Å². The zero-order valence-corrected chi connectivity index (χ0v) is 18.6. The first-order valence-electron chi connectivity index (χ1n) is 11.5. The molecule has 3 aromatic carbocycles. The first kappa shape index (κ1) is 20.7. The lowest BCUT2D eigenvalue weighted by atomic mass is 9.47. The van der Waals surface area contributed by atoms with Crippen LogP contribution in [0.4, 0.5) is 5.69 Å². The third-order valence-electron chi connectivity index (χ3n) is 7.51. The molecular weight excluding hydrogens is 430 g/mol. The van der Waals surface area contributed by atoms with Gasteiger partial charge in [0.15, 0.2) is 0 Å². The molecule has 2 atom stereocenters. The molecule has 0 radical (unpaired) electrons. The van der Waals surface area contributed by atoms with E-state index in [1.165, 1.54) is 0 Å². The monoisotopic (exact) mass is 452 g/mol. The third kappa shape index (κ3) is 2.37. The van der Waals surface area contributed by atoms with Gasteiger partial charge in [0.25, 0.3) is 0 Å². The van der Waals surface area contributed by atoms with Crippen molar-refractivity contribution in [2.75, 3.05) is 11.5 Å². The average molecular weight is 452 g/mol. The molecular formula is C28H22NO5-. The summed E-state index contributed by atoms with van der Waals surface area (Å²) >= 11 is 0. The highest BCUT2D eigenvalue weighted by atomic mass is 16.5. The number of imide groups is 1. The Bertz CT molecular complexity index is 1310. The van der Waals surface area contributed by atoms with Gasteiger partial charge in [-0.15, -0.1) is 0 Å². The van der Waals surface area contributed by atoms with Gasteiger partial charge in [-0.05, 0) is 40.8 Å². The van der Waals surface area contributed by atoms with E-state index in [9.17, 15) is 19.5 Å². The summed E-state index contributed by atoms with van der Waals surface area (Å²) in [5.74, 6) is -4.21. The number of aliphatic carboxylic acids is 1. The lowest BCUT2D eigenvalue weighted by molar-refractivity contribution is -0.314. The van der Waals surface area contributed by atoms with E-state index in [1.807, 2.05) is 31.2 Å². The summed E-state index contributed by atoms with van der Waals surface area (Å²) in [6.07, 6.45) is 0.766. The maximum Gasteiger partial charge on any atom is 0.239 e. The van der Waals surface area contributed by atoms with E-state index in [2.05, 4.69) is 0 Å². The molecule has 0 unspecified atom stereocenters. The van der Waals surface area contributed by atoms with Crippen LogP contribution < -0.4 is 14.7 Å². The van der Waals surface area contributed by atoms with Crippen molar-refractivity contribution in [2.24, 2.45) is 11.8 Å². The standard InChI is InChI=1S/C28H23NO5/c1-2-15-34-21-14-8-7-13-20(21)29-25(30)23-22-16-9-3-5-11-18(16)28(27(32)33,24(23)26(29)31)19-12-6-4-10-17(19)22/h3-14,22-24H,2,15H2,1H3,(H,32,33)/p-1/t22?,23-,24-,28?/m0/s1.